The lowest BCUT2D eigenvalue weighted by Crippen LogP contribution is -2.21. The zero-order chi connectivity index (χ0) is 13.6. The van der Waals surface area contributed by atoms with E-state index in [0.717, 1.165) is 29.1 Å². The minimum Gasteiger partial charge on any atom is -0.372 e. The summed E-state index contributed by atoms with van der Waals surface area (Å²) in [5.74, 6) is 1.89. The molecular weight excluding hydrogens is 256 g/mol. The lowest BCUT2D eigenvalue weighted by atomic mass is 10.2. The fourth-order valence-corrected chi connectivity index (χ4v) is 3.46. The predicted octanol–water partition coefficient (Wildman–Crippen LogP) is 2.94. The predicted molar refractivity (Wildman–Crippen MR) is 80.9 cm³/mol. The molecule has 2 aromatic heterocycles. The van der Waals surface area contributed by atoms with E-state index in [2.05, 4.69) is 36.1 Å². The van der Waals surface area contributed by atoms with Crippen molar-refractivity contribution in [2.75, 3.05) is 19.4 Å². The molecule has 1 fully saturated rings. The molecule has 5 heteroatoms. The van der Waals surface area contributed by atoms with Gasteiger partial charge in [0, 0.05) is 18.0 Å². The summed E-state index contributed by atoms with van der Waals surface area (Å²) < 4.78 is 0. The number of hydrogen-bond donors (Lipinski definition) is 1. The summed E-state index contributed by atoms with van der Waals surface area (Å²) in [5, 5.41) is 4.40. The van der Waals surface area contributed by atoms with E-state index in [1.807, 2.05) is 7.05 Å². The Kier molecular flexibility index (Phi) is 3.19. The van der Waals surface area contributed by atoms with E-state index in [-0.39, 0.29) is 0 Å². The molecule has 0 amide bonds. The number of rotatable bonds is 4. The van der Waals surface area contributed by atoms with E-state index in [9.17, 15) is 0 Å². The summed E-state index contributed by atoms with van der Waals surface area (Å²) in [6.07, 6.45) is 2.63. The number of nitrogens with one attached hydrogen (secondary N) is 1. The maximum absolute atomic E-state index is 4.74. The third-order valence-corrected chi connectivity index (χ3v) is 4.97. The summed E-state index contributed by atoms with van der Waals surface area (Å²) in [6.45, 7) is 5.14. The summed E-state index contributed by atoms with van der Waals surface area (Å²) >= 11 is 1.76. The first-order chi connectivity index (χ1) is 9.10. The molecule has 102 valence electrons. The van der Waals surface area contributed by atoms with Gasteiger partial charge >= 0.3 is 0 Å². The van der Waals surface area contributed by atoms with Crippen LogP contribution in [0.25, 0.3) is 10.2 Å². The van der Waals surface area contributed by atoms with Crippen LogP contribution in [0.15, 0.2) is 0 Å². The van der Waals surface area contributed by atoms with Gasteiger partial charge in [-0.15, -0.1) is 11.3 Å². The fraction of sp³-hybridized carbons (Fsp3) is 0.571. The Morgan fingerprint density at radius 1 is 1.32 bits per heavy atom. The number of aromatic nitrogens is 2. The molecule has 0 radical (unpaired) electrons. The lowest BCUT2D eigenvalue weighted by Gasteiger charge is -2.15. The second-order valence-corrected chi connectivity index (χ2v) is 6.55. The van der Waals surface area contributed by atoms with Gasteiger partial charge in [0.25, 0.3) is 0 Å². The van der Waals surface area contributed by atoms with Crippen LogP contribution in [0.3, 0.4) is 0 Å². The fourth-order valence-electron chi connectivity index (χ4n) is 2.41. The molecule has 0 aromatic carbocycles. The van der Waals surface area contributed by atoms with Gasteiger partial charge in [0.15, 0.2) is 0 Å². The highest BCUT2D eigenvalue weighted by Gasteiger charge is 2.27. The molecule has 0 bridgehead atoms. The third-order valence-electron chi connectivity index (χ3n) is 3.87. The van der Waals surface area contributed by atoms with E-state index in [1.54, 1.807) is 11.3 Å². The van der Waals surface area contributed by atoms with Crippen molar-refractivity contribution in [2.45, 2.75) is 39.3 Å². The average molecular weight is 276 g/mol. The van der Waals surface area contributed by atoms with E-state index >= 15 is 0 Å². The first-order valence-electron chi connectivity index (χ1n) is 6.74. The van der Waals surface area contributed by atoms with E-state index in [4.69, 9.17) is 4.98 Å². The Labute approximate surface area is 117 Å². The smallest absolute Gasteiger partial charge is 0.146 e. The number of thiophene rings is 1. The Bertz CT molecular complexity index is 615. The Morgan fingerprint density at radius 2 is 2.05 bits per heavy atom. The summed E-state index contributed by atoms with van der Waals surface area (Å²) in [5.41, 5.74) is 1.30. The van der Waals surface area contributed by atoms with Gasteiger partial charge < -0.3 is 5.32 Å². The van der Waals surface area contributed by atoms with Gasteiger partial charge in [-0.25, -0.2) is 9.97 Å². The molecule has 0 spiro atoms. The molecule has 4 nitrogen and oxygen atoms in total. The van der Waals surface area contributed by atoms with Crippen LogP contribution in [0.5, 0.6) is 0 Å². The molecule has 0 aliphatic heterocycles. The first-order valence-corrected chi connectivity index (χ1v) is 7.56. The van der Waals surface area contributed by atoms with Gasteiger partial charge in [0.1, 0.15) is 16.5 Å². The molecule has 1 N–H and O–H groups in total. The van der Waals surface area contributed by atoms with E-state index in [1.165, 1.54) is 28.7 Å². The minimum atomic E-state index is 0.740. The summed E-state index contributed by atoms with van der Waals surface area (Å²) in [7, 11) is 4.10. The van der Waals surface area contributed by atoms with Crippen LogP contribution in [0.2, 0.25) is 0 Å². The molecule has 2 aromatic rings. The van der Waals surface area contributed by atoms with Crippen molar-refractivity contribution in [3.05, 3.63) is 16.3 Å². The average Bonchev–Trinajstić information content (AvgIpc) is 3.17. The van der Waals surface area contributed by atoms with Crippen LogP contribution in [0.4, 0.5) is 5.82 Å². The topological polar surface area (TPSA) is 41.1 Å². The highest BCUT2D eigenvalue weighted by Crippen LogP contribution is 2.33. The Morgan fingerprint density at radius 3 is 2.68 bits per heavy atom. The molecule has 0 saturated heterocycles. The second-order valence-electron chi connectivity index (χ2n) is 5.35. The molecule has 1 aliphatic carbocycles. The molecule has 0 atom stereocenters. The van der Waals surface area contributed by atoms with Crippen LogP contribution in [0, 0.1) is 13.8 Å². The van der Waals surface area contributed by atoms with Gasteiger partial charge in [-0.3, -0.25) is 4.90 Å². The zero-order valence-corrected chi connectivity index (χ0v) is 12.8. The minimum absolute atomic E-state index is 0.740. The SMILES string of the molecule is CNc1nc(CN(C)C2CC2)nc2sc(C)c(C)c12. The van der Waals surface area contributed by atoms with Crippen molar-refractivity contribution >= 4 is 27.4 Å². The number of fused-ring (bicyclic) bond motifs is 1. The standard InChI is InChI=1S/C14H20N4S/c1-8-9(2)19-14-12(8)13(15-3)16-11(17-14)7-18(4)10-5-6-10/h10H,5-7H2,1-4H3,(H,15,16,17). The van der Waals surface area contributed by atoms with E-state index < -0.39 is 0 Å². The quantitative estimate of drug-likeness (QED) is 0.932. The lowest BCUT2D eigenvalue weighted by molar-refractivity contribution is 0.308. The molecule has 3 rings (SSSR count). The van der Waals surface area contributed by atoms with Crippen LogP contribution in [-0.4, -0.2) is 35.0 Å². The van der Waals surface area contributed by atoms with Crippen LogP contribution in [-0.2, 0) is 6.54 Å². The van der Waals surface area contributed by atoms with E-state index in [0.29, 0.717) is 0 Å². The van der Waals surface area contributed by atoms with Gasteiger partial charge in [0.05, 0.1) is 11.9 Å². The maximum Gasteiger partial charge on any atom is 0.146 e. The van der Waals surface area contributed by atoms with Crippen LogP contribution < -0.4 is 5.32 Å². The zero-order valence-electron chi connectivity index (χ0n) is 11.9. The Hall–Kier alpha value is -1.20. The molecule has 0 unspecified atom stereocenters. The molecule has 1 saturated carbocycles. The van der Waals surface area contributed by atoms with Crippen molar-refractivity contribution in [1.29, 1.82) is 0 Å². The highest BCUT2D eigenvalue weighted by molar-refractivity contribution is 7.18. The normalized spacial score (nSPS) is 15.4. The number of hydrogen-bond acceptors (Lipinski definition) is 5. The highest BCUT2D eigenvalue weighted by atomic mass is 32.1. The van der Waals surface area contributed by atoms with Gasteiger partial charge in [-0.05, 0) is 39.3 Å². The van der Waals surface area contributed by atoms with Crippen molar-refractivity contribution in [3.8, 4) is 0 Å². The molecule has 1 aliphatic rings. The Balaban J connectivity index is 2.01. The first kappa shape index (κ1) is 12.8. The largest absolute Gasteiger partial charge is 0.372 e. The van der Waals surface area contributed by atoms with Gasteiger partial charge in [0.2, 0.25) is 0 Å². The van der Waals surface area contributed by atoms with Gasteiger partial charge in [-0.1, -0.05) is 0 Å². The third kappa shape index (κ3) is 2.32. The molecular formula is C14H20N4S. The van der Waals surface area contributed by atoms with Crippen molar-refractivity contribution in [2.24, 2.45) is 0 Å². The second kappa shape index (κ2) is 4.72. The van der Waals surface area contributed by atoms with Crippen LogP contribution in [0.1, 0.15) is 29.1 Å². The summed E-state index contributed by atoms with van der Waals surface area (Å²) in [4.78, 5) is 14.2. The monoisotopic (exact) mass is 276 g/mol. The molecule has 19 heavy (non-hydrogen) atoms. The summed E-state index contributed by atoms with van der Waals surface area (Å²) in [6, 6.07) is 0.740. The molecule has 2 heterocycles. The number of aryl methyl sites for hydroxylation is 2. The van der Waals surface area contributed by atoms with Crippen molar-refractivity contribution in [1.82, 2.24) is 14.9 Å². The van der Waals surface area contributed by atoms with Crippen molar-refractivity contribution < 1.29 is 0 Å². The van der Waals surface area contributed by atoms with Gasteiger partial charge in [-0.2, -0.15) is 0 Å². The van der Waals surface area contributed by atoms with Crippen LogP contribution >= 0.6 is 11.3 Å². The maximum atomic E-state index is 4.74. The van der Waals surface area contributed by atoms with Crippen molar-refractivity contribution in [3.63, 3.8) is 0 Å². The number of nitrogens with zero attached hydrogens (tertiary/aromatic N) is 3. The number of anilines is 1.